The lowest BCUT2D eigenvalue weighted by Gasteiger charge is -2.22. The summed E-state index contributed by atoms with van der Waals surface area (Å²) >= 11 is 6.10. The summed E-state index contributed by atoms with van der Waals surface area (Å²) in [6.45, 7) is 8.07. The Labute approximate surface area is 114 Å². The molecule has 1 N–H and O–H groups in total. The van der Waals surface area contributed by atoms with Crippen molar-refractivity contribution in [1.82, 2.24) is 10.3 Å². The first-order valence-electron chi connectivity index (χ1n) is 6.34. The van der Waals surface area contributed by atoms with E-state index in [0.717, 1.165) is 44.2 Å². The van der Waals surface area contributed by atoms with Gasteiger partial charge in [0.1, 0.15) is 5.82 Å². The molecule has 0 aromatic carbocycles. The van der Waals surface area contributed by atoms with Crippen LogP contribution in [0.15, 0.2) is 12.3 Å². The minimum Gasteiger partial charge on any atom is -0.380 e. The largest absolute Gasteiger partial charge is 0.380 e. The fourth-order valence-electron chi connectivity index (χ4n) is 1.72. The molecule has 5 heteroatoms. The van der Waals surface area contributed by atoms with E-state index in [9.17, 15) is 0 Å². The van der Waals surface area contributed by atoms with Crippen LogP contribution in [0.5, 0.6) is 0 Å². The molecule has 0 fully saturated rings. The van der Waals surface area contributed by atoms with Crippen molar-refractivity contribution >= 4 is 17.4 Å². The Morgan fingerprint density at radius 1 is 1.44 bits per heavy atom. The molecule has 0 aliphatic carbocycles. The molecule has 4 nitrogen and oxygen atoms in total. The Balaban J connectivity index is 2.75. The molecule has 0 saturated carbocycles. The molecule has 0 aliphatic heterocycles. The standard InChI is InChI=1S/C13H22ClN3O/c1-4-17(6-7-18-5-2)13-8-11(9-15-3)12(14)10-16-13/h8,10,15H,4-7,9H2,1-3H3. The number of hydrogen-bond acceptors (Lipinski definition) is 4. The van der Waals surface area contributed by atoms with Crippen molar-refractivity contribution in [2.75, 3.05) is 38.3 Å². The topological polar surface area (TPSA) is 37.4 Å². The first-order valence-corrected chi connectivity index (χ1v) is 6.72. The van der Waals surface area contributed by atoms with Gasteiger partial charge >= 0.3 is 0 Å². The number of nitrogens with one attached hydrogen (secondary N) is 1. The summed E-state index contributed by atoms with van der Waals surface area (Å²) in [5.41, 5.74) is 1.07. The first kappa shape index (κ1) is 15.2. The summed E-state index contributed by atoms with van der Waals surface area (Å²) in [5, 5.41) is 3.81. The predicted octanol–water partition coefficient (Wildman–Crippen LogP) is 2.32. The van der Waals surface area contributed by atoms with Crippen molar-refractivity contribution in [2.24, 2.45) is 0 Å². The zero-order valence-electron chi connectivity index (χ0n) is 11.4. The highest BCUT2D eigenvalue weighted by atomic mass is 35.5. The molecule has 1 aromatic rings. The fourth-order valence-corrected chi connectivity index (χ4v) is 1.89. The zero-order valence-corrected chi connectivity index (χ0v) is 12.1. The maximum atomic E-state index is 6.10. The quantitative estimate of drug-likeness (QED) is 0.737. The molecule has 1 aromatic heterocycles. The molecule has 0 atom stereocenters. The number of hydrogen-bond donors (Lipinski definition) is 1. The van der Waals surface area contributed by atoms with Crippen LogP contribution in [0.3, 0.4) is 0 Å². The maximum Gasteiger partial charge on any atom is 0.128 e. The molecule has 0 amide bonds. The number of aromatic nitrogens is 1. The van der Waals surface area contributed by atoms with Crippen LogP contribution in [0.25, 0.3) is 0 Å². The average Bonchev–Trinajstić information content (AvgIpc) is 2.38. The summed E-state index contributed by atoms with van der Waals surface area (Å²) in [5.74, 6) is 0.951. The van der Waals surface area contributed by atoms with Gasteiger partial charge in [-0.05, 0) is 32.5 Å². The molecule has 18 heavy (non-hydrogen) atoms. The Kier molecular flexibility index (Phi) is 7.01. The highest BCUT2D eigenvalue weighted by Crippen LogP contribution is 2.20. The molecule has 0 aliphatic rings. The zero-order chi connectivity index (χ0) is 13.4. The monoisotopic (exact) mass is 271 g/mol. The third-order valence-corrected chi connectivity index (χ3v) is 3.04. The second-order valence-corrected chi connectivity index (χ2v) is 4.35. The summed E-state index contributed by atoms with van der Waals surface area (Å²) in [4.78, 5) is 6.57. The summed E-state index contributed by atoms with van der Waals surface area (Å²) in [7, 11) is 1.91. The van der Waals surface area contributed by atoms with Crippen molar-refractivity contribution in [2.45, 2.75) is 20.4 Å². The summed E-state index contributed by atoms with van der Waals surface area (Å²) in [6, 6.07) is 2.04. The van der Waals surface area contributed by atoms with E-state index in [1.807, 2.05) is 20.0 Å². The van der Waals surface area contributed by atoms with Crippen LogP contribution in [-0.4, -0.2) is 38.3 Å². The normalized spacial score (nSPS) is 10.7. The van der Waals surface area contributed by atoms with Crippen molar-refractivity contribution in [3.8, 4) is 0 Å². The lowest BCUT2D eigenvalue weighted by atomic mass is 10.2. The predicted molar refractivity (Wildman–Crippen MR) is 76.4 cm³/mol. The maximum absolute atomic E-state index is 6.10. The van der Waals surface area contributed by atoms with E-state index >= 15 is 0 Å². The van der Waals surface area contributed by atoms with Gasteiger partial charge in [0, 0.05) is 32.4 Å². The first-order chi connectivity index (χ1) is 8.72. The van der Waals surface area contributed by atoms with Crippen LogP contribution < -0.4 is 10.2 Å². The van der Waals surface area contributed by atoms with Gasteiger partial charge in [0.2, 0.25) is 0 Å². The molecule has 102 valence electrons. The minimum atomic E-state index is 0.703. The Morgan fingerprint density at radius 3 is 2.83 bits per heavy atom. The highest BCUT2D eigenvalue weighted by molar-refractivity contribution is 6.31. The minimum absolute atomic E-state index is 0.703. The Morgan fingerprint density at radius 2 is 2.22 bits per heavy atom. The molecule has 0 spiro atoms. The van der Waals surface area contributed by atoms with Gasteiger partial charge in [-0.25, -0.2) is 4.98 Å². The SMILES string of the molecule is CCOCCN(CC)c1cc(CNC)c(Cl)cn1. The van der Waals surface area contributed by atoms with Gasteiger partial charge in [-0.1, -0.05) is 11.6 Å². The summed E-state index contributed by atoms with van der Waals surface area (Å²) in [6.07, 6.45) is 1.72. The van der Waals surface area contributed by atoms with E-state index in [2.05, 4.69) is 22.1 Å². The van der Waals surface area contributed by atoms with E-state index in [4.69, 9.17) is 16.3 Å². The van der Waals surface area contributed by atoms with Gasteiger partial charge in [0.15, 0.2) is 0 Å². The molecule has 0 saturated heterocycles. The average molecular weight is 272 g/mol. The van der Waals surface area contributed by atoms with Gasteiger partial charge in [0.25, 0.3) is 0 Å². The number of ether oxygens (including phenoxy) is 1. The smallest absolute Gasteiger partial charge is 0.128 e. The van der Waals surface area contributed by atoms with Crippen LogP contribution >= 0.6 is 11.6 Å². The molecular weight excluding hydrogens is 250 g/mol. The number of anilines is 1. The van der Waals surface area contributed by atoms with Crippen molar-refractivity contribution in [1.29, 1.82) is 0 Å². The molecule has 0 unspecified atom stereocenters. The number of nitrogens with zero attached hydrogens (tertiary/aromatic N) is 2. The third kappa shape index (κ3) is 4.44. The second-order valence-electron chi connectivity index (χ2n) is 3.94. The van der Waals surface area contributed by atoms with Crippen LogP contribution in [-0.2, 0) is 11.3 Å². The van der Waals surface area contributed by atoms with Crippen molar-refractivity contribution in [3.05, 3.63) is 22.8 Å². The van der Waals surface area contributed by atoms with E-state index in [1.165, 1.54) is 0 Å². The van der Waals surface area contributed by atoms with Gasteiger partial charge in [-0.15, -0.1) is 0 Å². The number of halogens is 1. The van der Waals surface area contributed by atoms with Crippen LogP contribution in [0.1, 0.15) is 19.4 Å². The Bertz CT molecular complexity index is 360. The number of rotatable bonds is 8. The Hall–Kier alpha value is -0.840. The lowest BCUT2D eigenvalue weighted by Crippen LogP contribution is -2.28. The van der Waals surface area contributed by atoms with Crippen LogP contribution in [0, 0.1) is 0 Å². The van der Waals surface area contributed by atoms with Crippen LogP contribution in [0.4, 0.5) is 5.82 Å². The van der Waals surface area contributed by atoms with Gasteiger partial charge in [-0.3, -0.25) is 0 Å². The molecule has 1 heterocycles. The van der Waals surface area contributed by atoms with E-state index < -0.39 is 0 Å². The van der Waals surface area contributed by atoms with Crippen molar-refractivity contribution < 1.29 is 4.74 Å². The van der Waals surface area contributed by atoms with Crippen LogP contribution in [0.2, 0.25) is 5.02 Å². The fraction of sp³-hybridized carbons (Fsp3) is 0.615. The van der Waals surface area contributed by atoms with Gasteiger partial charge in [-0.2, -0.15) is 0 Å². The number of pyridine rings is 1. The number of likely N-dealkylation sites (N-methyl/N-ethyl adjacent to an activating group) is 1. The highest BCUT2D eigenvalue weighted by Gasteiger charge is 2.08. The van der Waals surface area contributed by atoms with Gasteiger partial charge in [0.05, 0.1) is 11.6 Å². The second kappa shape index (κ2) is 8.29. The van der Waals surface area contributed by atoms with E-state index in [1.54, 1.807) is 6.20 Å². The molecule has 0 radical (unpaired) electrons. The molecular formula is C13H22ClN3O. The van der Waals surface area contributed by atoms with Gasteiger partial charge < -0.3 is 15.0 Å². The molecule has 1 rings (SSSR count). The third-order valence-electron chi connectivity index (χ3n) is 2.70. The summed E-state index contributed by atoms with van der Waals surface area (Å²) < 4.78 is 5.38. The van der Waals surface area contributed by atoms with E-state index in [0.29, 0.717) is 5.02 Å². The van der Waals surface area contributed by atoms with Crippen molar-refractivity contribution in [3.63, 3.8) is 0 Å². The lowest BCUT2D eigenvalue weighted by molar-refractivity contribution is 0.154. The van der Waals surface area contributed by atoms with E-state index in [-0.39, 0.29) is 0 Å². The molecule has 0 bridgehead atoms.